The summed E-state index contributed by atoms with van der Waals surface area (Å²) in [5, 5.41) is 10.5. The van der Waals surface area contributed by atoms with E-state index in [2.05, 4.69) is 12.1 Å². The highest BCUT2D eigenvalue weighted by Crippen LogP contribution is 2.30. The zero-order valence-corrected chi connectivity index (χ0v) is 11.9. The first-order chi connectivity index (χ1) is 9.31. The van der Waals surface area contributed by atoms with Crippen LogP contribution in [0, 0.1) is 5.92 Å². The SMILES string of the molecule is CCOC(C(O)Cc1ccccc1)C1CCCCC1. The lowest BCUT2D eigenvalue weighted by molar-refractivity contribution is -0.0715. The molecule has 0 bridgehead atoms. The molecule has 1 fully saturated rings. The van der Waals surface area contributed by atoms with Gasteiger partial charge in [0.1, 0.15) is 0 Å². The van der Waals surface area contributed by atoms with Crippen LogP contribution in [0.2, 0.25) is 0 Å². The summed E-state index contributed by atoms with van der Waals surface area (Å²) in [7, 11) is 0. The van der Waals surface area contributed by atoms with Gasteiger partial charge < -0.3 is 9.84 Å². The Morgan fingerprint density at radius 3 is 2.47 bits per heavy atom. The van der Waals surface area contributed by atoms with Crippen molar-refractivity contribution in [2.45, 2.75) is 57.7 Å². The minimum Gasteiger partial charge on any atom is -0.390 e. The highest BCUT2D eigenvalue weighted by Gasteiger charge is 2.30. The van der Waals surface area contributed by atoms with Gasteiger partial charge in [0.2, 0.25) is 0 Å². The predicted molar refractivity (Wildman–Crippen MR) is 78.1 cm³/mol. The summed E-state index contributed by atoms with van der Waals surface area (Å²) in [5.41, 5.74) is 1.19. The van der Waals surface area contributed by atoms with E-state index in [1.54, 1.807) is 0 Å². The first kappa shape index (κ1) is 14.5. The van der Waals surface area contributed by atoms with Gasteiger partial charge in [0.05, 0.1) is 12.2 Å². The highest BCUT2D eigenvalue weighted by molar-refractivity contribution is 5.15. The van der Waals surface area contributed by atoms with E-state index in [-0.39, 0.29) is 12.2 Å². The highest BCUT2D eigenvalue weighted by atomic mass is 16.5. The van der Waals surface area contributed by atoms with E-state index < -0.39 is 0 Å². The minimum atomic E-state index is -0.384. The summed E-state index contributed by atoms with van der Waals surface area (Å²) in [6.45, 7) is 2.71. The van der Waals surface area contributed by atoms with Gasteiger partial charge in [-0.15, -0.1) is 0 Å². The number of aliphatic hydroxyl groups is 1. The van der Waals surface area contributed by atoms with Crippen LogP contribution in [0.25, 0.3) is 0 Å². The number of benzene rings is 1. The van der Waals surface area contributed by atoms with Gasteiger partial charge in [-0.25, -0.2) is 0 Å². The number of hydrogen-bond acceptors (Lipinski definition) is 2. The Hall–Kier alpha value is -0.860. The second-order valence-corrected chi connectivity index (χ2v) is 5.58. The van der Waals surface area contributed by atoms with Gasteiger partial charge in [-0.1, -0.05) is 49.6 Å². The van der Waals surface area contributed by atoms with E-state index >= 15 is 0 Å². The summed E-state index contributed by atoms with van der Waals surface area (Å²) in [6.07, 6.45) is 6.63. The molecule has 1 saturated carbocycles. The van der Waals surface area contributed by atoms with Gasteiger partial charge >= 0.3 is 0 Å². The number of ether oxygens (including phenoxy) is 1. The monoisotopic (exact) mass is 262 g/mol. The Morgan fingerprint density at radius 2 is 1.84 bits per heavy atom. The molecule has 1 N–H and O–H groups in total. The van der Waals surface area contributed by atoms with E-state index in [1.165, 1.54) is 37.7 Å². The molecular weight excluding hydrogens is 236 g/mol. The van der Waals surface area contributed by atoms with Crippen LogP contribution in [0.15, 0.2) is 30.3 Å². The second kappa shape index (κ2) is 7.66. The third kappa shape index (κ3) is 4.32. The molecule has 106 valence electrons. The maximum atomic E-state index is 10.5. The average molecular weight is 262 g/mol. The first-order valence-electron chi connectivity index (χ1n) is 7.65. The van der Waals surface area contributed by atoms with Gasteiger partial charge in [0, 0.05) is 13.0 Å². The average Bonchev–Trinajstić information content (AvgIpc) is 2.46. The van der Waals surface area contributed by atoms with Crippen LogP contribution >= 0.6 is 0 Å². The first-order valence-corrected chi connectivity index (χ1v) is 7.65. The summed E-state index contributed by atoms with van der Waals surface area (Å²) in [5.74, 6) is 0.535. The third-order valence-electron chi connectivity index (χ3n) is 4.14. The van der Waals surface area contributed by atoms with E-state index in [0.717, 1.165) is 0 Å². The van der Waals surface area contributed by atoms with E-state index in [9.17, 15) is 5.11 Å². The van der Waals surface area contributed by atoms with Crippen LogP contribution < -0.4 is 0 Å². The molecule has 1 aliphatic rings. The maximum absolute atomic E-state index is 10.5. The zero-order valence-electron chi connectivity index (χ0n) is 11.9. The van der Waals surface area contributed by atoms with E-state index in [4.69, 9.17) is 4.74 Å². The molecule has 2 heteroatoms. The van der Waals surface area contributed by atoms with Crippen molar-refractivity contribution in [1.29, 1.82) is 0 Å². The minimum absolute atomic E-state index is 0.00510. The molecule has 0 spiro atoms. The van der Waals surface area contributed by atoms with E-state index in [0.29, 0.717) is 18.9 Å². The molecule has 2 unspecified atom stereocenters. The normalized spacial score (nSPS) is 20.1. The van der Waals surface area contributed by atoms with Crippen LogP contribution in [-0.2, 0) is 11.2 Å². The molecular formula is C17H26O2. The van der Waals surface area contributed by atoms with Crippen molar-refractivity contribution >= 4 is 0 Å². The lowest BCUT2D eigenvalue weighted by Crippen LogP contribution is -2.38. The van der Waals surface area contributed by atoms with Crippen molar-refractivity contribution in [1.82, 2.24) is 0 Å². The fourth-order valence-corrected chi connectivity index (χ4v) is 3.19. The Bertz CT molecular complexity index is 344. The molecule has 19 heavy (non-hydrogen) atoms. The van der Waals surface area contributed by atoms with Crippen LogP contribution in [0.4, 0.5) is 0 Å². The lowest BCUT2D eigenvalue weighted by atomic mass is 9.82. The summed E-state index contributed by atoms with van der Waals surface area (Å²) in [6, 6.07) is 10.2. The van der Waals surface area contributed by atoms with Crippen molar-refractivity contribution in [3.8, 4) is 0 Å². The largest absolute Gasteiger partial charge is 0.390 e. The second-order valence-electron chi connectivity index (χ2n) is 5.58. The maximum Gasteiger partial charge on any atom is 0.0865 e. The van der Waals surface area contributed by atoms with Crippen molar-refractivity contribution < 1.29 is 9.84 Å². The van der Waals surface area contributed by atoms with Gasteiger partial charge in [-0.3, -0.25) is 0 Å². The molecule has 0 heterocycles. The van der Waals surface area contributed by atoms with E-state index in [1.807, 2.05) is 25.1 Å². The third-order valence-corrected chi connectivity index (χ3v) is 4.14. The van der Waals surface area contributed by atoms with Crippen LogP contribution in [0.5, 0.6) is 0 Å². The van der Waals surface area contributed by atoms with Gasteiger partial charge in [-0.2, -0.15) is 0 Å². The van der Waals surface area contributed by atoms with Crippen molar-refractivity contribution in [3.05, 3.63) is 35.9 Å². The summed E-state index contributed by atoms with van der Waals surface area (Å²) >= 11 is 0. The Labute approximate surface area is 116 Å². The summed E-state index contributed by atoms with van der Waals surface area (Å²) in [4.78, 5) is 0. The van der Waals surface area contributed by atoms with Gasteiger partial charge in [0.15, 0.2) is 0 Å². The van der Waals surface area contributed by atoms with Gasteiger partial charge in [-0.05, 0) is 31.2 Å². The fraction of sp³-hybridized carbons (Fsp3) is 0.647. The molecule has 0 aliphatic heterocycles. The lowest BCUT2D eigenvalue weighted by Gasteiger charge is -2.33. The molecule has 1 aliphatic carbocycles. The molecule has 1 aromatic carbocycles. The topological polar surface area (TPSA) is 29.5 Å². The summed E-state index contributed by atoms with van der Waals surface area (Å²) < 4.78 is 5.87. The van der Waals surface area contributed by atoms with Gasteiger partial charge in [0.25, 0.3) is 0 Å². The Balaban J connectivity index is 1.97. The quantitative estimate of drug-likeness (QED) is 0.849. The smallest absolute Gasteiger partial charge is 0.0865 e. The molecule has 0 radical (unpaired) electrons. The van der Waals surface area contributed by atoms with Crippen molar-refractivity contribution in [2.24, 2.45) is 5.92 Å². The zero-order chi connectivity index (χ0) is 13.5. The molecule has 0 amide bonds. The molecule has 2 rings (SSSR count). The Morgan fingerprint density at radius 1 is 1.16 bits per heavy atom. The molecule has 0 aromatic heterocycles. The van der Waals surface area contributed by atoms with Crippen LogP contribution in [0.1, 0.15) is 44.6 Å². The molecule has 1 aromatic rings. The standard InChI is InChI=1S/C17H26O2/c1-2-19-17(15-11-7-4-8-12-15)16(18)13-14-9-5-3-6-10-14/h3,5-6,9-10,15-18H,2,4,7-8,11-13H2,1H3. The number of hydrogen-bond donors (Lipinski definition) is 1. The Kier molecular flexibility index (Phi) is 5.87. The predicted octanol–water partition coefficient (Wildman–Crippen LogP) is 3.58. The fourth-order valence-electron chi connectivity index (χ4n) is 3.19. The van der Waals surface area contributed by atoms with Crippen LogP contribution in [-0.4, -0.2) is 23.9 Å². The molecule has 2 atom stereocenters. The number of rotatable bonds is 6. The van der Waals surface area contributed by atoms with Crippen LogP contribution in [0.3, 0.4) is 0 Å². The van der Waals surface area contributed by atoms with Crippen molar-refractivity contribution in [3.63, 3.8) is 0 Å². The molecule has 0 saturated heterocycles. The van der Waals surface area contributed by atoms with Crippen molar-refractivity contribution in [2.75, 3.05) is 6.61 Å². The molecule has 2 nitrogen and oxygen atoms in total. The number of aliphatic hydroxyl groups excluding tert-OH is 1.